The van der Waals surface area contributed by atoms with Gasteiger partial charge in [0.15, 0.2) is 0 Å². The molecule has 1 aromatic heterocycles. The summed E-state index contributed by atoms with van der Waals surface area (Å²) < 4.78 is 0. The lowest BCUT2D eigenvalue weighted by atomic mass is 9.97. The smallest absolute Gasteiger partial charge is 0.306 e. The first-order valence-corrected chi connectivity index (χ1v) is 7.99. The number of carboxylic acids is 1. The number of aromatic nitrogens is 2. The van der Waals surface area contributed by atoms with E-state index in [9.17, 15) is 4.79 Å². The van der Waals surface area contributed by atoms with Gasteiger partial charge in [0, 0.05) is 24.5 Å². The molecule has 21 heavy (non-hydrogen) atoms. The molecule has 0 atom stereocenters. The minimum Gasteiger partial charge on any atom is -0.481 e. The summed E-state index contributed by atoms with van der Waals surface area (Å²) in [6.07, 6.45) is 7.25. The van der Waals surface area contributed by atoms with Gasteiger partial charge in [-0.05, 0) is 51.0 Å². The predicted molar refractivity (Wildman–Crippen MR) is 80.6 cm³/mol. The van der Waals surface area contributed by atoms with Crippen molar-refractivity contribution in [2.24, 2.45) is 5.92 Å². The fraction of sp³-hybridized carbons (Fsp3) is 0.688. The predicted octanol–water partition coefficient (Wildman–Crippen LogP) is 2.35. The number of carbonyl (C=O) groups is 1. The van der Waals surface area contributed by atoms with Gasteiger partial charge in [0.2, 0.25) is 5.95 Å². The fourth-order valence-corrected chi connectivity index (χ4v) is 3.41. The van der Waals surface area contributed by atoms with Gasteiger partial charge >= 0.3 is 5.97 Å². The zero-order chi connectivity index (χ0) is 14.8. The number of fused-ring (bicyclic) bond motifs is 1. The van der Waals surface area contributed by atoms with E-state index in [0.717, 1.165) is 37.6 Å². The van der Waals surface area contributed by atoms with Crippen LogP contribution in [0.1, 0.15) is 49.1 Å². The number of rotatable bonds is 2. The molecule has 0 spiro atoms. The molecule has 1 fully saturated rings. The van der Waals surface area contributed by atoms with Gasteiger partial charge in [-0.15, -0.1) is 0 Å². The van der Waals surface area contributed by atoms with Crippen LogP contribution in [-0.4, -0.2) is 34.1 Å². The molecule has 0 aromatic carbocycles. The second kappa shape index (κ2) is 6.00. The first-order valence-electron chi connectivity index (χ1n) is 7.99. The molecule has 114 valence electrons. The van der Waals surface area contributed by atoms with Gasteiger partial charge in [-0.2, -0.15) is 0 Å². The maximum absolute atomic E-state index is 11.0. The van der Waals surface area contributed by atoms with Crippen molar-refractivity contribution in [3.8, 4) is 0 Å². The monoisotopic (exact) mass is 289 g/mol. The third-order valence-corrected chi connectivity index (χ3v) is 4.76. The summed E-state index contributed by atoms with van der Waals surface area (Å²) in [5, 5.41) is 9.08. The van der Waals surface area contributed by atoms with Gasteiger partial charge in [0.25, 0.3) is 0 Å². The lowest BCUT2D eigenvalue weighted by Crippen LogP contribution is -2.37. The third-order valence-electron chi connectivity index (χ3n) is 4.76. The van der Waals surface area contributed by atoms with Gasteiger partial charge < -0.3 is 10.0 Å². The highest BCUT2D eigenvalue weighted by atomic mass is 16.4. The standard InChI is InChI=1S/C16H23N3O2/c1-11-13-5-3-2-4-6-14(13)18-16(17-11)19-9-7-12(8-10-19)15(20)21/h12H,2-10H2,1H3,(H,20,21). The maximum Gasteiger partial charge on any atom is 0.306 e. The molecular weight excluding hydrogens is 266 g/mol. The molecule has 0 unspecified atom stereocenters. The van der Waals surface area contributed by atoms with E-state index in [1.165, 1.54) is 30.5 Å². The first kappa shape index (κ1) is 14.3. The van der Waals surface area contributed by atoms with E-state index < -0.39 is 5.97 Å². The Morgan fingerprint density at radius 3 is 2.57 bits per heavy atom. The molecule has 2 aliphatic rings. The zero-order valence-corrected chi connectivity index (χ0v) is 12.6. The average molecular weight is 289 g/mol. The lowest BCUT2D eigenvalue weighted by Gasteiger charge is -2.30. The Hall–Kier alpha value is -1.65. The molecule has 0 saturated carbocycles. The summed E-state index contributed by atoms with van der Waals surface area (Å²) in [6, 6.07) is 0. The normalized spacial score (nSPS) is 20.0. The number of hydrogen-bond acceptors (Lipinski definition) is 4. The number of piperidine rings is 1. The molecular formula is C16H23N3O2. The molecule has 5 heteroatoms. The number of hydrogen-bond donors (Lipinski definition) is 1. The largest absolute Gasteiger partial charge is 0.481 e. The molecule has 1 aliphatic heterocycles. The van der Waals surface area contributed by atoms with E-state index in [4.69, 9.17) is 10.1 Å². The van der Waals surface area contributed by atoms with Crippen molar-refractivity contribution < 1.29 is 9.90 Å². The number of anilines is 1. The Balaban J connectivity index is 1.79. The Kier molecular flexibility index (Phi) is 4.08. The molecule has 5 nitrogen and oxygen atoms in total. The molecule has 1 aliphatic carbocycles. The summed E-state index contributed by atoms with van der Waals surface area (Å²) in [4.78, 5) is 22.7. The summed E-state index contributed by atoms with van der Waals surface area (Å²) in [5.41, 5.74) is 3.67. The summed E-state index contributed by atoms with van der Waals surface area (Å²) in [5.74, 6) is -0.0751. The van der Waals surface area contributed by atoms with Crippen molar-refractivity contribution in [2.75, 3.05) is 18.0 Å². The van der Waals surface area contributed by atoms with Gasteiger partial charge in [-0.25, -0.2) is 9.97 Å². The molecule has 3 rings (SSSR count). The lowest BCUT2D eigenvalue weighted by molar-refractivity contribution is -0.142. The van der Waals surface area contributed by atoms with Crippen LogP contribution in [0.25, 0.3) is 0 Å². The van der Waals surface area contributed by atoms with Crippen LogP contribution in [0.15, 0.2) is 0 Å². The number of aryl methyl sites for hydroxylation is 2. The molecule has 2 heterocycles. The van der Waals surface area contributed by atoms with Crippen LogP contribution < -0.4 is 4.90 Å². The van der Waals surface area contributed by atoms with Gasteiger partial charge in [0.1, 0.15) is 0 Å². The molecule has 1 saturated heterocycles. The van der Waals surface area contributed by atoms with Crippen LogP contribution >= 0.6 is 0 Å². The third kappa shape index (κ3) is 3.01. The number of carboxylic acid groups (broad SMARTS) is 1. The van der Waals surface area contributed by atoms with Crippen LogP contribution in [-0.2, 0) is 17.6 Å². The highest BCUT2D eigenvalue weighted by Crippen LogP contribution is 2.26. The number of nitrogens with zero attached hydrogens (tertiary/aromatic N) is 3. The Morgan fingerprint density at radius 1 is 1.14 bits per heavy atom. The quantitative estimate of drug-likeness (QED) is 0.847. The van der Waals surface area contributed by atoms with E-state index in [1.54, 1.807) is 0 Å². The van der Waals surface area contributed by atoms with Crippen molar-refractivity contribution in [1.29, 1.82) is 0 Å². The summed E-state index contributed by atoms with van der Waals surface area (Å²) >= 11 is 0. The van der Waals surface area contributed by atoms with Crippen LogP contribution in [0.5, 0.6) is 0 Å². The maximum atomic E-state index is 11.0. The minimum atomic E-state index is -0.673. The van der Waals surface area contributed by atoms with Gasteiger partial charge in [0.05, 0.1) is 5.92 Å². The van der Waals surface area contributed by atoms with E-state index in [1.807, 2.05) is 0 Å². The Bertz CT molecular complexity index is 537. The topological polar surface area (TPSA) is 66.3 Å². The van der Waals surface area contributed by atoms with Crippen LogP contribution in [0.2, 0.25) is 0 Å². The van der Waals surface area contributed by atoms with E-state index in [-0.39, 0.29) is 5.92 Å². The average Bonchev–Trinajstić information content (AvgIpc) is 2.73. The first-order chi connectivity index (χ1) is 10.1. The Labute approximate surface area is 125 Å². The van der Waals surface area contributed by atoms with Crippen molar-refractivity contribution in [3.63, 3.8) is 0 Å². The van der Waals surface area contributed by atoms with E-state index in [2.05, 4.69) is 16.8 Å². The highest BCUT2D eigenvalue weighted by molar-refractivity contribution is 5.70. The summed E-state index contributed by atoms with van der Waals surface area (Å²) in [6.45, 7) is 3.57. The van der Waals surface area contributed by atoms with E-state index in [0.29, 0.717) is 12.8 Å². The fourth-order valence-electron chi connectivity index (χ4n) is 3.41. The van der Waals surface area contributed by atoms with Crippen molar-refractivity contribution in [1.82, 2.24) is 9.97 Å². The van der Waals surface area contributed by atoms with Gasteiger partial charge in [-0.1, -0.05) is 6.42 Å². The molecule has 1 aromatic rings. The molecule has 0 bridgehead atoms. The van der Waals surface area contributed by atoms with Crippen molar-refractivity contribution >= 4 is 11.9 Å². The second-order valence-electron chi connectivity index (χ2n) is 6.19. The summed E-state index contributed by atoms with van der Waals surface area (Å²) in [7, 11) is 0. The SMILES string of the molecule is Cc1nc(N2CCC(C(=O)O)CC2)nc2c1CCCCC2. The Morgan fingerprint density at radius 2 is 1.86 bits per heavy atom. The minimum absolute atomic E-state index is 0.205. The number of aliphatic carboxylic acids is 1. The van der Waals surface area contributed by atoms with Crippen LogP contribution in [0.4, 0.5) is 5.95 Å². The highest BCUT2D eigenvalue weighted by Gasteiger charge is 2.26. The molecule has 0 amide bonds. The second-order valence-corrected chi connectivity index (χ2v) is 6.19. The van der Waals surface area contributed by atoms with Crippen molar-refractivity contribution in [3.05, 3.63) is 17.0 Å². The van der Waals surface area contributed by atoms with Crippen LogP contribution in [0, 0.1) is 12.8 Å². The molecule has 0 radical (unpaired) electrons. The van der Waals surface area contributed by atoms with E-state index >= 15 is 0 Å². The zero-order valence-electron chi connectivity index (χ0n) is 12.6. The van der Waals surface area contributed by atoms with Crippen molar-refractivity contribution in [2.45, 2.75) is 51.9 Å². The van der Waals surface area contributed by atoms with Crippen LogP contribution in [0.3, 0.4) is 0 Å². The van der Waals surface area contributed by atoms with Gasteiger partial charge in [-0.3, -0.25) is 4.79 Å². The molecule has 1 N–H and O–H groups in total.